The lowest BCUT2D eigenvalue weighted by atomic mass is 9.82. The molecule has 1 aliphatic carbocycles. The first-order valence-electron chi connectivity index (χ1n) is 16.5. The van der Waals surface area contributed by atoms with Crippen molar-refractivity contribution < 1.29 is 4.39 Å². The van der Waals surface area contributed by atoms with Crippen molar-refractivity contribution in [3.05, 3.63) is 181 Å². The van der Waals surface area contributed by atoms with Crippen LogP contribution >= 0.6 is 0 Å². The van der Waals surface area contributed by atoms with Gasteiger partial charge in [-0.25, -0.2) is 4.39 Å². The van der Waals surface area contributed by atoms with Crippen molar-refractivity contribution in [3.8, 4) is 27.9 Å². The molecule has 0 spiro atoms. The first-order valence-corrected chi connectivity index (χ1v) is 16.5. The Morgan fingerprint density at radius 1 is 0.479 bits per heavy atom. The normalized spacial score (nSPS) is 13.1. The van der Waals surface area contributed by atoms with Crippen molar-refractivity contribution in [2.75, 3.05) is 4.90 Å². The van der Waals surface area contributed by atoms with Crippen molar-refractivity contribution in [3.63, 3.8) is 0 Å². The summed E-state index contributed by atoms with van der Waals surface area (Å²) in [7, 11) is 0. The number of fused-ring (bicyclic) bond motifs is 6. The lowest BCUT2D eigenvalue weighted by molar-refractivity contribution is 0.627. The SMILES string of the molecule is CC1(C)c2ccccc2-c2ccc(N(c3ccc(-c4ccccc4)cc3)c3ccc4c(c3)c3ccccc3n4-c3ccc(F)cc3)cc21. The van der Waals surface area contributed by atoms with Gasteiger partial charge in [0.2, 0.25) is 0 Å². The van der Waals surface area contributed by atoms with Crippen LogP contribution in [0.2, 0.25) is 0 Å². The van der Waals surface area contributed by atoms with Crippen LogP contribution in [0.1, 0.15) is 25.0 Å². The number of halogens is 1. The predicted octanol–water partition coefficient (Wildman–Crippen LogP) is 12.4. The maximum atomic E-state index is 13.9. The number of para-hydroxylation sites is 1. The fraction of sp³-hybridized carbons (Fsp3) is 0.0667. The largest absolute Gasteiger partial charge is 0.310 e. The molecule has 0 bridgehead atoms. The van der Waals surface area contributed by atoms with Crippen LogP contribution in [-0.2, 0) is 5.41 Å². The summed E-state index contributed by atoms with van der Waals surface area (Å²) in [4.78, 5) is 2.37. The van der Waals surface area contributed by atoms with Gasteiger partial charge < -0.3 is 9.47 Å². The van der Waals surface area contributed by atoms with Gasteiger partial charge in [0, 0.05) is 38.9 Å². The van der Waals surface area contributed by atoms with Gasteiger partial charge >= 0.3 is 0 Å². The topological polar surface area (TPSA) is 8.17 Å². The van der Waals surface area contributed by atoms with E-state index in [9.17, 15) is 4.39 Å². The average molecular weight is 621 g/mol. The molecule has 0 atom stereocenters. The molecule has 48 heavy (non-hydrogen) atoms. The van der Waals surface area contributed by atoms with Crippen LogP contribution in [0.5, 0.6) is 0 Å². The summed E-state index contributed by atoms with van der Waals surface area (Å²) in [5, 5.41) is 2.30. The predicted molar refractivity (Wildman–Crippen MR) is 198 cm³/mol. The number of rotatable bonds is 5. The number of hydrogen-bond acceptors (Lipinski definition) is 1. The van der Waals surface area contributed by atoms with E-state index in [-0.39, 0.29) is 11.2 Å². The number of aromatic nitrogens is 1. The van der Waals surface area contributed by atoms with Crippen molar-refractivity contribution in [1.82, 2.24) is 4.57 Å². The molecule has 1 heterocycles. The molecule has 0 amide bonds. The first-order chi connectivity index (χ1) is 23.5. The highest BCUT2D eigenvalue weighted by atomic mass is 19.1. The highest BCUT2D eigenvalue weighted by molar-refractivity contribution is 6.10. The molecule has 9 rings (SSSR count). The number of hydrogen-bond donors (Lipinski definition) is 0. The number of nitrogens with zero attached hydrogens (tertiary/aromatic N) is 2. The van der Waals surface area contributed by atoms with Crippen LogP contribution in [0.25, 0.3) is 49.7 Å². The second-order valence-corrected chi connectivity index (χ2v) is 13.2. The molecule has 0 unspecified atom stereocenters. The van der Waals surface area contributed by atoms with E-state index in [0.717, 1.165) is 44.6 Å². The molecule has 7 aromatic carbocycles. The molecule has 0 saturated carbocycles. The first kappa shape index (κ1) is 28.3. The van der Waals surface area contributed by atoms with Gasteiger partial charge in [-0.1, -0.05) is 105 Å². The van der Waals surface area contributed by atoms with Gasteiger partial charge in [0.05, 0.1) is 11.0 Å². The van der Waals surface area contributed by atoms with E-state index in [0.29, 0.717) is 0 Å². The third-order valence-corrected chi connectivity index (χ3v) is 10.1. The molecule has 0 N–H and O–H groups in total. The smallest absolute Gasteiger partial charge is 0.123 e. The van der Waals surface area contributed by atoms with Crippen LogP contribution in [0.15, 0.2) is 164 Å². The minimum absolute atomic E-state index is 0.114. The van der Waals surface area contributed by atoms with Gasteiger partial charge in [0.15, 0.2) is 0 Å². The Bertz CT molecular complexity index is 2470. The fourth-order valence-electron chi connectivity index (χ4n) is 7.68. The summed E-state index contributed by atoms with van der Waals surface area (Å²) in [6, 6.07) is 57.0. The molecule has 1 aromatic heterocycles. The van der Waals surface area contributed by atoms with Crippen LogP contribution in [0, 0.1) is 5.82 Å². The Morgan fingerprint density at radius 3 is 1.90 bits per heavy atom. The minimum atomic E-state index is -0.239. The maximum Gasteiger partial charge on any atom is 0.123 e. The molecule has 8 aromatic rings. The van der Waals surface area contributed by atoms with Crippen LogP contribution in [0.3, 0.4) is 0 Å². The van der Waals surface area contributed by atoms with Crippen molar-refractivity contribution in [2.24, 2.45) is 0 Å². The Balaban J connectivity index is 1.24. The van der Waals surface area contributed by atoms with Gasteiger partial charge in [-0.2, -0.15) is 0 Å². The van der Waals surface area contributed by atoms with E-state index in [1.54, 1.807) is 0 Å². The molecule has 3 heteroatoms. The molecular weight excluding hydrogens is 588 g/mol. The number of anilines is 3. The summed E-state index contributed by atoms with van der Waals surface area (Å²) < 4.78 is 16.2. The summed E-state index contributed by atoms with van der Waals surface area (Å²) in [6.45, 7) is 4.66. The average Bonchev–Trinajstić information content (AvgIpc) is 3.58. The van der Waals surface area contributed by atoms with Gasteiger partial charge in [-0.15, -0.1) is 0 Å². The van der Waals surface area contributed by atoms with Gasteiger partial charge in [-0.05, 0) is 106 Å². The van der Waals surface area contributed by atoms with Gasteiger partial charge in [0.25, 0.3) is 0 Å². The molecule has 2 nitrogen and oxygen atoms in total. The minimum Gasteiger partial charge on any atom is -0.310 e. The second kappa shape index (κ2) is 10.8. The van der Waals surface area contributed by atoms with E-state index in [4.69, 9.17) is 0 Å². The Labute approximate surface area is 280 Å². The third-order valence-electron chi connectivity index (χ3n) is 10.1. The van der Waals surface area contributed by atoms with E-state index in [1.165, 1.54) is 45.5 Å². The fourth-order valence-corrected chi connectivity index (χ4v) is 7.68. The summed E-state index contributed by atoms with van der Waals surface area (Å²) >= 11 is 0. The van der Waals surface area contributed by atoms with Gasteiger partial charge in [-0.3, -0.25) is 0 Å². The Hall–Kier alpha value is -5.93. The zero-order valence-corrected chi connectivity index (χ0v) is 26.9. The molecule has 0 fully saturated rings. The molecule has 1 aliphatic rings. The lowest BCUT2D eigenvalue weighted by Crippen LogP contribution is -2.16. The molecule has 0 aliphatic heterocycles. The summed E-state index contributed by atoms with van der Waals surface area (Å²) in [6.07, 6.45) is 0. The molecular formula is C45H33FN2. The maximum absolute atomic E-state index is 13.9. The third kappa shape index (κ3) is 4.39. The van der Waals surface area contributed by atoms with Crippen LogP contribution in [-0.4, -0.2) is 4.57 Å². The number of benzene rings is 7. The highest BCUT2D eigenvalue weighted by Gasteiger charge is 2.35. The Morgan fingerprint density at radius 2 is 1.08 bits per heavy atom. The summed E-state index contributed by atoms with van der Waals surface area (Å²) in [5.74, 6) is -0.239. The van der Waals surface area contributed by atoms with E-state index < -0.39 is 0 Å². The van der Waals surface area contributed by atoms with Crippen molar-refractivity contribution in [2.45, 2.75) is 19.3 Å². The van der Waals surface area contributed by atoms with Crippen molar-refractivity contribution in [1.29, 1.82) is 0 Å². The van der Waals surface area contributed by atoms with Crippen LogP contribution < -0.4 is 4.90 Å². The summed E-state index contributed by atoms with van der Waals surface area (Å²) in [5.41, 5.74) is 14.0. The van der Waals surface area contributed by atoms with Crippen LogP contribution in [0.4, 0.5) is 21.5 Å². The van der Waals surface area contributed by atoms with E-state index in [2.05, 4.69) is 163 Å². The molecule has 0 saturated heterocycles. The zero-order chi connectivity index (χ0) is 32.4. The van der Waals surface area contributed by atoms with Crippen molar-refractivity contribution >= 4 is 38.9 Å². The standard InChI is InChI=1S/C45H33FN2/c1-45(2)41-14-8-6-12-37(41)38-26-24-36(29-42(38)45)47(33-20-16-31(17-21-33)30-10-4-3-5-11-30)35-25-27-44-40(28-35)39-13-7-9-15-43(39)48(44)34-22-18-32(46)19-23-34/h3-29H,1-2H3. The monoisotopic (exact) mass is 620 g/mol. The lowest BCUT2D eigenvalue weighted by Gasteiger charge is -2.28. The van der Waals surface area contributed by atoms with E-state index in [1.807, 2.05) is 12.1 Å². The molecule has 0 radical (unpaired) electrons. The molecule has 230 valence electrons. The Kier molecular flexibility index (Phi) is 6.38. The van der Waals surface area contributed by atoms with E-state index >= 15 is 0 Å². The highest BCUT2D eigenvalue weighted by Crippen LogP contribution is 2.51. The second-order valence-electron chi connectivity index (χ2n) is 13.2. The van der Waals surface area contributed by atoms with Gasteiger partial charge in [0.1, 0.15) is 5.82 Å². The zero-order valence-electron chi connectivity index (χ0n) is 26.9. The quantitative estimate of drug-likeness (QED) is 0.186.